The van der Waals surface area contributed by atoms with Crippen LogP contribution in [0, 0.1) is 0 Å². The van der Waals surface area contributed by atoms with Gasteiger partial charge in [-0.05, 0) is 86.6 Å². The number of nitrogens with one attached hydrogen (secondary N) is 2. The Balaban J connectivity index is 1.63. The molecule has 0 saturated carbocycles. The summed E-state index contributed by atoms with van der Waals surface area (Å²) in [5.74, 6) is 0.274. The van der Waals surface area contributed by atoms with Gasteiger partial charge in [-0.3, -0.25) is 9.78 Å². The molecule has 3 heterocycles. The average molecular weight is 558 g/mol. The van der Waals surface area contributed by atoms with Crippen molar-refractivity contribution in [3.05, 3.63) is 83.7 Å². The van der Waals surface area contributed by atoms with Crippen LogP contribution in [-0.4, -0.2) is 49.4 Å². The molecule has 2 aliphatic rings. The number of anilines is 3. The van der Waals surface area contributed by atoms with Crippen LogP contribution < -0.4 is 25.2 Å². The lowest BCUT2D eigenvalue weighted by Gasteiger charge is -2.41. The van der Waals surface area contributed by atoms with Crippen molar-refractivity contribution in [2.75, 3.05) is 43.0 Å². The number of aromatic nitrogens is 1. The first-order valence-electron chi connectivity index (χ1n) is 13.2. The van der Waals surface area contributed by atoms with Gasteiger partial charge in [0.2, 0.25) is 5.91 Å². The van der Waals surface area contributed by atoms with Gasteiger partial charge in [-0.1, -0.05) is 18.2 Å². The molecule has 1 saturated heterocycles. The first-order valence-corrected chi connectivity index (χ1v) is 13.6. The van der Waals surface area contributed by atoms with Gasteiger partial charge in [-0.15, -0.1) is 0 Å². The highest BCUT2D eigenvalue weighted by Crippen LogP contribution is 2.46. The lowest BCUT2D eigenvalue weighted by molar-refractivity contribution is -0.119. The molecule has 1 fully saturated rings. The monoisotopic (exact) mass is 557 g/mol. The number of rotatable bonds is 7. The second kappa shape index (κ2) is 10.9. The van der Waals surface area contributed by atoms with E-state index in [1.165, 1.54) is 23.9 Å². The molecule has 208 valence electrons. The van der Waals surface area contributed by atoms with Crippen molar-refractivity contribution in [1.82, 2.24) is 10.3 Å². The topological polar surface area (TPSA) is 79.0 Å². The molecule has 3 aromatic rings. The number of hydrogen-bond donors (Lipinski definition) is 2. The fourth-order valence-electron chi connectivity index (χ4n) is 5.59. The number of carbonyl (C=O) groups is 1. The second-order valence-corrected chi connectivity index (χ2v) is 11.1. The van der Waals surface area contributed by atoms with Crippen LogP contribution in [-0.2, 0) is 9.53 Å². The summed E-state index contributed by atoms with van der Waals surface area (Å²) >= 11 is 5.93. The predicted molar refractivity (Wildman–Crippen MR) is 164 cm³/mol. The number of methoxy groups -OCH3 is 2. The van der Waals surface area contributed by atoms with Crippen LogP contribution in [0.3, 0.4) is 0 Å². The Morgan fingerprint density at radius 2 is 1.95 bits per heavy atom. The summed E-state index contributed by atoms with van der Waals surface area (Å²) in [5.41, 5.74) is 6.89. The van der Waals surface area contributed by atoms with Crippen molar-refractivity contribution in [2.24, 2.45) is 0 Å². The molecule has 1 aromatic heterocycles. The van der Waals surface area contributed by atoms with Gasteiger partial charge in [-0.25, -0.2) is 0 Å². The first-order chi connectivity index (χ1) is 19.1. The standard InChI is InChI=1S/C31H35N5O3S/c1-19-17-31(2,3)35(4)25-12-10-20(15-22(19)25)29-28(23-9-7-8-14-32-23)34-30(40)36(29)21-11-13-26(39-6)24(16-21)33-27(37)18-38-5/h7-17,28-29H,18H2,1-6H3,(H,33,37)(H,34,40). The zero-order valence-corrected chi connectivity index (χ0v) is 24.5. The van der Waals surface area contributed by atoms with E-state index in [2.05, 4.69) is 77.5 Å². The van der Waals surface area contributed by atoms with E-state index in [1.54, 1.807) is 13.3 Å². The van der Waals surface area contributed by atoms with Crippen LogP contribution in [0.1, 0.15) is 49.7 Å². The van der Waals surface area contributed by atoms with Gasteiger partial charge in [0.25, 0.3) is 0 Å². The van der Waals surface area contributed by atoms with E-state index >= 15 is 0 Å². The third-order valence-electron chi connectivity index (χ3n) is 7.69. The lowest BCUT2D eigenvalue weighted by atomic mass is 9.86. The first kappa shape index (κ1) is 27.6. The number of nitrogens with zero attached hydrogens (tertiary/aromatic N) is 3. The van der Waals surface area contributed by atoms with E-state index in [9.17, 15) is 4.79 Å². The van der Waals surface area contributed by atoms with Gasteiger partial charge >= 0.3 is 0 Å². The zero-order chi connectivity index (χ0) is 28.6. The van der Waals surface area contributed by atoms with Gasteiger partial charge in [0.15, 0.2) is 5.11 Å². The van der Waals surface area contributed by atoms with Crippen LogP contribution in [0.15, 0.2) is 66.9 Å². The van der Waals surface area contributed by atoms with Gasteiger partial charge < -0.3 is 29.9 Å². The number of thiocarbonyl (C=S) groups is 1. The summed E-state index contributed by atoms with van der Waals surface area (Å²) in [6.07, 6.45) is 4.11. The predicted octanol–water partition coefficient (Wildman–Crippen LogP) is 5.48. The Hall–Kier alpha value is -3.95. The number of pyridine rings is 1. The molecular formula is C31H35N5O3S. The minimum absolute atomic E-state index is 0.0608. The Kier molecular flexibility index (Phi) is 7.53. The van der Waals surface area contributed by atoms with Crippen molar-refractivity contribution in [2.45, 2.75) is 38.4 Å². The lowest BCUT2D eigenvalue weighted by Crippen LogP contribution is -2.42. The van der Waals surface area contributed by atoms with Crippen LogP contribution in [0.4, 0.5) is 17.1 Å². The smallest absolute Gasteiger partial charge is 0.250 e. The number of hydrogen-bond acceptors (Lipinski definition) is 6. The summed E-state index contributed by atoms with van der Waals surface area (Å²) in [4.78, 5) is 21.5. The molecule has 1 amide bonds. The minimum atomic E-state index is -0.271. The quantitative estimate of drug-likeness (QED) is 0.370. The van der Waals surface area contributed by atoms with E-state index in [0.29, 0.717) is 16.5 Å². The summed E-state index contributed by atoms with van der Waals surface area (Å²) in [6, 6.07) is 17.8. The Labute approximate surface area is 241 Å². The van der Waals surface area contributed by atoms with Crippen LogP contribution in [0.2, 0.25) is 0 Å². The van der Waals surface area contributed by atoms with Crippen molar-refractivity contribution in [1.29, 1.82) is 0 Å². The fraction of sp³-hybridized carbons (Fsp3) is 0.323. The molecule has 2 aliphatic heterocycles. The highest BCUT2D eigenvalue weighted by molar-refractivity contribution is 7.80. The number of benzene rings is 2. The second-order valence-electron chi connectivity index (χ2n) is 10.7. The van der Waals surface area contributed by atoms with Crippen LogP contribution >= 0.6 is 12.2 Å². The van der Waals surface area contributed by atoms with Gasteiger partial charge in [0, 0.05) is 37.3 Å². The number of carbonyl (C=O) groups excluding carboxylic acids is 1. The number of ether oxygens (including phenoxy) is 2. The molecule has 2 N–H and O–H groups in total. The van der Waals surface area contributed by atoms with Gasteiger partial charge in [0.1, 0.15) is 12.4 Å². The summed E-state index contributed by atoms with van der Waals surface area (Å²) < 4.78 is 10.5. The van der Waals surface area contributed by atoms with E-state index in [1.807, 2.05) is 36.4 Å². The van der Waals surface area contributed by atoms with E-state index in [-0.39, 0.29) is 30.1 Å². The maximum Gasteiger partial charge on any atom is 0.250 e. The highest BCUT2D eigenvalue weighted by atomic mass is 32.1. The number of amides is 1. The highest BCUT2D eigenvalue weighted by Gasteiger charge is 2.41. The SMILES string of the molecule is COCC(=O)Nc1cc(N2C(=S)NC(c3ccccn3)C2c2ccc3c(c2)C(C)=CC(C)(C)N3C)ccc1OC. The number of fused-ring (bicyclic) bond motifs is 1. The molecular weight excluding hydrogens is 522 g/mol. The van der Waals surface area contributed by atoms with Gasteiger partial charge in [0.05, 0.1) is 36.1 Å². The Morgan fingerprint density at radius 3 is 2.65 bits per heavy atom. The molecule has 8 nitrogen and oxygen atoms in total. The van der Waals surface area contributed by atoms with Gasteiger partial charge in [-0.2, -0.15) is 0 Å². The van der Waals surface area contributed by atoms with Crippen molar-refractivity contribution >= 4 is 45.9 Å². The summed E-state index contributed by atoms with van der Waals surface area (Å²) in [7, 11) is 5.19. The molecule has 2 aromatic carbocycles. The third-order valence-corrected chi connectivity index (χ3v) is 8.01. The average Bonchev–Trinajstić information content (AvgIpc) is 3.29. The fourth-order valence-corrected chi connectivity index (χ4v) is 5.94. The summed E-state index contributed by atoms with van der Waals surface area (Å²) in [5, 5.41) is 6.99. The maximum atomic E-state index is 12.4. The van der Waals surface area contributed by atoms with Crippen molar-refractivity contribution in [3.8, 4) is 5.75 Å². The van der Waals surface area contributed by atoms with Crippen molar-refractivity contribution < 1.29 is 14.3 Å². The van der Waals surface area contributed by atoms with E-state index in [0.717, 1.165) is 16.9 Å². The largest absolute Gasteiger partial charge is 0.495 e. The van der Waals surface area contributed by atoms with Crippen LogP contribution in [0.5, 0.6) is 5.75 Å². The molecule has 0 radical (unpaired) electrons. The van der Waals surface area contributed by atoms with E-state index in [4.69, 9.17) is 21.7 Å². The third kappa shape index (κ3) is 5.02. The molecule has 2 atom stereocenters. The van der Waals surface area contributed by atoms with E-state index < -0.39 is 0 Å². The molecule has 2 unspecified atom stereocenters. The molecule has 0 spiro atoms. The Morgan fingerprint density at radius 1 is 1.15 bits per heavy atom. The minimum Gasteiger partial charge on any atom is -0.495 e. The molecule has 0 bridgehead atoms. The zero-order valence-electron chi connectivity index (χ0n) is 23.7. The number of allylic oxidation sites excluding steroid dienone is 1. The summed E-state index contributed by atoms with van der Waals surface area (Å²) in [6.45, 7) is 6.55. The normalized spacial score (nSPS) is 19.6. The molecule has 9 heteroatoms. The molecule has 40 heavy (non-hydrogen) atoms. The number of likely N-dealkylation sites (N-methyl/N-ethyl adjacent to an activating group) is 1. The molecule has 5 rings (SSSR count). The van der Waals surface area contributed by atoms with Crippen LogP contribution in [0.25, 0.3) is 5.57 Å². The van der Waals surface area contributed by atoms with Crippen molar-refractivity contribution in [3.63, 3.8) is 0 Å². The molecule has 0 aliphatic carbocycles. The maximum absolute atomic E-state index is 12.4. The Bertz CT molecular complexity index is 1470.